The maximum Gasteiger partial charge on any atom is 0.259 e. The van der Waals surface area contributed by atoms with Gasteiger partial charge in [-0.2, -0.15) is 0 Å². The largest absolute Gasteiger partial charge is 0.356 e. The fourth-order valence-corrected chi connectivity index (χ4v) is 5.08. The van der Waals surface area contributed by atoms with Crippen molar-refractivity contribution in [1.29, 1.82) is 4.78 Å². The molecule has 2 aromatic carbocycles. The zero-order valence-electron chi connectivity index (χ0n) is 20.3. The first-order valence-corrected chi connectivity index (χ1v) is 13.6. The number of aromatic nitrogens is 1. The number of hydrogen-bond donors (Lipinski definition) is 2. The number of nitrogens with one attached hydrogen (secondary N) is 2. The highest BCUT2D eigenvalue weighted by molar-refractivity contribution is 7.91. The molecule has 6 nitrogen and oxygen atoms in total. The highest BCUT2D eigenvalue weighted by Crippen LogP contribution is 2.36. The third-order valence-electron chi connectivity index (χ3n) is 6.34. The van der Waals surface area contributed by atoms with Crippen LogP contribution in [0, 0.1) is 23.3 Å². The van der Waals surface area contributed by atoms with Crippen LogP contribution in [-0.2, 0) is 9.73 Å². The standard InChI is InChI=1S/C26H26F4N4O2S/c1-16-19(23-20(27)8-4-9-21(23)28)15-32-24(34-12-5-10-26(29,30)11-13-34)22(16)25(35)33-17-6-3-7-18(14-17)37(2,31)36/h3-4,6-9,14-15,31H,5,10-13H2,1-2H3,(H,33,35). The van der Waals surface area contributed by atoms with E-state index in [1.54, 1.807) is 11.0 Å². The Labute approximate surface area is 212 Å². The predicted molar refractivity (Wildman–Crippen MR) is 135 cm³/mol. The van der Waals surface area contributed by atoms with Gasteiger partial charge in [0.15, 0.2) is 0 Å². The van der Waals surface area contributed by atoms with Crippen LogP contribution in [0.15, 0.2) is 53.6 Å². The summed E-state index contributed by atoms with van der Waals surface area (Å²) in [5.41, 5.74) is 0.162. The summed E-state index contributed by atoms with van der Waals surface area (Å²) in [4.78, 5) is 19.7. The molecule has 1 amide bonds. The molecular weight excluding hydrogens is 508 g/mol. The van der Waals surface area contributed by atoms with Gasteiger partial charge in [0.25, 0.3) is 5.91 Å². The van der Waals surface area contributed by atoms with Gasteiger partial charge in [0, 0.05) is 54.5 Å². The van der Waals surface area contributed by atoms with E-state index in [0.29, 0.717) is 0 Å². The van der Waals surface area contributed by atoms with Crippen molar-refractivity contribution in [3.63, 3.8) is 0 Å². The van der Waals surface area contributed by atoms with Crippen LogP contribution in [0.3, 0.4) is 0 Å². The fourth-order valence-electron chi connectivity index (χ4n) is 4.39. The summed E-state index contributed by atoms with van der Waals surface area (Å²) in [6, 6.07) is 9.40. The molecule has 0 radical (unpaired) electrons. The van der Waals surface area contributed by atoms with E-state index in [4.69, 9.17) is 4.78 Å². The molecule has 2 heterocycles. The van der Waals surface area contributed by atoms with Gasteiger partial charge < -0.3 is 10.2 Å². The summed E-state index contributed by atoms with van der Waals surface area (Å²) in [6.07, 6.45) is 1.96. The van der Waals surface area contributed by atoms with Gasteiger partial charge in [-0.1, -0.05) is 12.1 Å². The van der Waals surface area contributed by atoms with E-state index < -0.39 is 39.6 Å². The second-order valence-electron chi connectivity index (χ2n) is 9.11. The van der Waals surface area contributed by atoms with E-state index in [2.05, 4.69) is 10.3 Å². The summed E-state index contributed by atoms with van der Waals surface area (Å²) in [5, 5.41) is 2.68. The molecule has 1 atom stereocenters. The molecule has 1 fully saturated rings. The summed E-state index contributed by atoms with van der Waals surface area (Å²) in [6.45, 7) is 1.69. The molecule has 0 spiro atoms. The minimum Gasteiger partial charge on any atom is -0.356 e. The van der Waals surface area contributed by atoms with Crippen LogP contribution in [0.2, 0.25) is 0 Å². The van der Waals surface area contributed by atoms with Crippen LogP contribution in [0.5, 0.6) is 0 Å². The Hall–Kier alpha value is -3.47. The molecule has 1 aromatic heterocycles. The Morgan fingerprint density at radius 3 is 2.46 bits per heavy atom. The predicted octanol–water partition coefficient (Wildman–Crippen LogP) is 6.25. The molecule has 1 aliphatic rings. The van der Waals surface area contributed by atoms with Crippen molar-refractivity contribution >= 4 is 27.1 Å². The molecule has 2 N–H and O–H groups in total. The number of rotatable bonds is 5. The van der Waals surface area contributed by atoms with Crippen molar-refractivity contribution in [1.82, 2.24) is 4.98 Å². The third kappa shape index (κ3) is 5.76. The van der Waals surface area contributed by atoms with Crippen LogP contribution in [0.4, 0.5) is 29.1 Å². The van der Waals surface area contributed by atoms with Gasteiger partial charge in [0.2, 0.25) is 5.92 Å². The molecule has 0 aliphatic carbocycles. The Morgan fingerprint density at radius 1 is 1.11 bits per heavy atom. The number of hydrogen-bond acceptors (Lipinski definition) is 5. The van der Waals surface area contributed by atoms with Crippen molar-refractivity contribution in [2.24, 2.45) is 0 Å². The number of pyridine rings is 1. The lowest BCUT2D eigenvalue weighted by molar-refractivity contribution is -0.0102. The van der Waals surface area contributed by atoms with Crippen molar-refractivity contribution < 1.29 is 26.6 Å². The molecule has 1 saturated heterocycles. The average Bonchev–Trinajstić information content (AvgIpc) is 2.99. The van der Waals surface area contributed by atoms with Crippen LogP contribution in [-0.4, -0.2) is 40.4 Å². The lowest BCUT2D eigenvalue weighted by atomic mass is 9.96. The van der Waals surface area contributed by atoms with Gasteiger partial charge in [-0.05, 0) is 49.2 Å². The van der Waals surface area contributed by atoms with Crippen molar-refractivity contribution in [3.8, 4) is 11.1 Å². The highest BCUT2D eigenvalue weighted by atomic mass is 32.2. The third-order valence-corrected chi connectivity index (χ3v) is 7.49. The maximum atomic E-state index is 14.6. The van der Waals surface area contributed by atoms with Gasteiger partial charge in [-0.25, -0.2) is 31.5 Å². The van der Waals surface area contributed by atoms with E-state index in [1.807, 2.05) is 0 Å². The molecule has 4 rings (SSSR count). The van der Waals surface area contributed by atoms with E-state index >= 15 is 0 Å². The van der Waals surface area contributed by atoms with Crippen LogP contribution >= 0.6 is 0 Å². The monoisotopic (exact) mass is 534 g/mol. The lowest BCUT2D eigenvalue weighted by Gasteiger charge is -2.26. The van der Waals surface area contributed by atoms with E-state index in [0.717, 1.165) is 12.1 Å². The second kappa shape index (κ2) is 10.1. The SMILES string of the molecule is Cc1c(-c2c(F)cccc2F)cnc(N2CCCC(F)(F)CC2)c1C(=O)Nc1cccc(S(C)(=N)=O)c1. The zero-order valence-corrected chi connectivity index (χ0v) is 21.1. The highest BCUT2D eigenvalue weighted by Gasteiger charge is 2.34. The number of carbonyl (C=O) groups is 1. The summed E-state index contributed by atoms with van der Waals surface area (Å²) in [7, 11) is -3.05. The van der Waals surface area contributed by atoms with Gasteiger partial charge >= 0.3 is 0 Å². The first-order valence-electron chi connectivity index (χ1n) is 11.6. The smallest absolute Gasteiger partial charge is 0.259 e. The molecular formula is C26H26F4N4O2S. The zero-order chi connectivity index (χ0) is 27.0. The summed E-state index contributed by atoms with van der Waals surface area (Å²) in [5.74, 6) is -5.06. The molecule has 1 unspecified atom stereocenters. The van der Waals surface area contributed by atoms with Gasteiger partial charge in [0.1, 0.15) is 17.5 Å². The van der Waals surface area contributed by atoms with Gasteiger partial charge in [-0.3, -0.25) is 4.79 Å². The number of anilines is 2. The van der Waals surface area contributed by atoms with Crippen LogP contribution in [0.1, 0.15) is 35.2 Å². The Balaban J connectivity index is 1.83. The van der Waals surface area contributed by atoms with Crippen LogP contribution in [0.25, 0.3) is 11.1 Å². The quantitative estimate of drug-likeness (QED) is 0.379. The summed E-state index contributed by atoms with van der Waals surface area (Å²) >= 11 is 0. The number of benzene rings is 2. The molecule has 3 aromatic rings. The molecule has 11 heteroatoms. The number of nitrogens with zero attached hydrogens (tertiary/aromatic N) is 2. The van der Waals surface area contributed by atoms with Gasteiger partial charge in [-0.15, -0.1) is 0 Å². The molecule has 196 valence electrons. The molecule has 37 heavy (non-hydrogen) atoms. The number of alkyl halides is 2. The van der Waals surface area contributed by atoms with Gasteiger partial charge in [0.05, 0.1) is 20.9 Å². The number of carbonyl (C=O) groups excluding carboxylic acids is 1. The summed E-state index contributed by atoms with van der Waals surface area (Å²) < 4.78 is 77.3. The topological polar surface area (TPSA) is 86.2 Å². The van der Waals surface area contributed by atoms with Crippen LogP contribution < -0.4 is 10.2 Å². The van der Waals surface area contributed by atoms with Crippen molar-refractivity contribution in [3.05, 3.63) is 71.4 Å². The maximum absolute atomic E-state index is 14.6. The van der Waals surface area contributed by atoms with Crippen molar-refractivity contribution in [2.75, 3.05) is 29.6 Å². The van der Waals surface area contributed by atoms with E-state index in [9.17, 15) is 26.6 Å². The fraction of sp³-hybridized carbons (Fsp3) is 0.308. The average molecular weight is 535 g/mol. The Kier molecular flexibility index (Phi) is 7.27. The minimum absolute atomic E-state index is 0.0149. The molecule has 0 bridgehead atoms. The Morgan fingerprint density at radius 2 is 1.78 bits per heavy atom. The normalized spacial score (nSPS) is 17.1. The molecule has 1 aliphatic heterocycles. The van der Waals surface area contributed by atoms with E-state index in [-0.39, 0.29) is 64.6 Å². The van der Waals surface area contributed by atoms with E-state index in [1.165, 1.54) is 43.6 Å². The van der Waals surface area contributed by atoms with Crippen molar-refractivity contribution in [2.45, 2.75) is 37.0 Å². The lowest BCUT2D eigenvalue weighted by Crippen LogP contribution is -2.30. The Bertz CT molecular complexity index is 1440. The first kappa shape index (κ1) is 26.6. The first-order chi connectivity index (χ1) is 17.4. The number of amides is 1. The minimum atomic E-state index is -3.05. The second-order valence-corrected chi connectivity index (χ2v) is 11.3. The number of halogens is 4. The molecule has 0 saturated carbocycles.